The lowest BCUT2D eigenvalue weighted by molar-refractivity contribution is 0.163. The SMILES string of the molecule is CCc1nc(Cl)cc(NCC(F)F)n1. The molecule has 1 N–H and O–H groups in total. The van der Waals surface area contributed by atoms with Gasteiger partial charge in [0, 0.05) is 12.5 Å². The average molecular weight is 222 g/mol. The summed E-state index contributed by atoms with van der Waals surface area (Å²) in [6.07, 6.45) is -1.79. The number of rotatable bonds is 4. The lowest BCUT2D eigenvalue weighted by Gasteiger charge is -2.06. The number of aryl methyl sites for hydroxylation is 1. The van der Waals surface area contributed by atoms with Gasteiger partial charge in [-0.25, -0.2) is 18.7 Å². The van der Waals surface area contributed by atoms with Crippen LogP contribution in [0.4, 0.5) is 14.6 Å². The maximum absolute atomic E-state index is 11.9. The fraction of sp³-hybridized carbons (Fsp3) is 0.500. The highest BCUT2D eigenvalue weighted by Gasteiger charge is 2.05. The van der Waals surface area contributed by atoms with E-state index in [-0.39, 0.29) is 5.15 Å². The Morgan fingerprint density at radius 3 is 2.79 bits per heavy atom. The Morgan fingerprint density at radius 2 is 2.21 bits per heavy atom. The van der Waals surface area contributed by atoms with Crippen molar-refractivity contribution in [2.24, 2.45) is 0 Å². The van der Waals surface area contributed by atoms with E-state index < -0.39 is 13.0 Å². The molecule has 1 aromatic rings. The van der Waals surface area contributed by atoms with Gasteiger partial charge in [-0.1, -0.05) is 18.5 Å². The Labute approximate surface area is 85.5 Å². The summed E-state index contributed by atoms with van der Waals surface area (Å²) in [5.41, 5.74) is 0. The van der Waals surface area contributed by atoms with Gasteiger partial charge in [0.2, 0.25) is 0 Å². The van der Waals surface area contributed by atoms with Crippen molar-refractivity contribution in [3.05, 3.63) is 17.0 Å². The van der Waals surface area contributed by atoms with Crippen molar-refractivity contribution in [3.63, 3.8) is 0 Å². The first-order valence-electron chi connectivity index (χ1n) is 4.17. The van der Waals surface area contributed by atoms with E-state index in [1.807, 2.05) is 6.92 Å². The first-order chi connectivity index (χ1) is 6.61. The van der Waals surface area contributed by atoms with Crippen LogP contribution in [-0.4, -0.2) is 22.9 Å². The van der Waals surface area contributed by atoms with Crippen molar-refractivity contribution in [1.29, 1.82) is 0 Å². The molecule has 3 nitrogen and oxygen atoms in total. The number of halogens is 3. The number of nitrogens with zero attached hydrogens (tertiary/aromatic N) is 2. The summed E-state index contributed by atoms with van der Waals surface area (Å²) >= 11 is 5.67. The Hall–Kier alpha value is -0.970. The van der Waals surface area contributed by atoms with E-state index in [0.717, 1.165) is 0 Å². The zero-order chi connectivity index (χ0) is 10.6. The van der Waals surface area contributed by atoms with Crippen molar-refractivity contribution in [1.82, 2.24) is 9.97 Å². The second-order valence-corrected chi connectivity index (χ2v) is 3.00. The van der Waals surface area contributed by atoms with E-state index in [1.165, 1.54) is 6.07 Å². The summed E-state index contributed by atoms with van der Waals surface area (Å²) in [7, 11) is 0. The molecular formula is C8H10ClF2N3. The van der Waals surface area contributed by atoms with Gasteiger partial charge in [-0.05, 0) is 0 Å². The summed E-state index contributed by atoms with van der Waals surface area (Å²) in [4.78, 5) is 7.89. The minimum absolute atomic E-state index is 0.258. The number of alkyl halides is 2. The lowest BCUT2D eigenvalue weighted by Crippen LogP contribution is -2.12. The van der Waals surface area contributed by atoms with Crippen LogP contribution in [0.25, 0.3) is 0 Å². The summed E-state index contributed by atoms with van der Waals surface area (Å²) in [6.45, 7) is 1.43. The van der Waals surface area contributed by atoms with Crippen molar-refractivity contribution >= 4 is 17.4 Å². The van der Waals surface area contributed by atoms with Crippen molar-refractivity contribution in [2.75, 3.05) is 11.9 Å². The van der Waals surface area contributed by atoms with E-state index in [0.29, 0.717) is 18.1 Å². The number of hydrogen-bond donors (Lipinski definition) is 1. The molecule has 0 spiro atoms. The summed E-state index contributed by atoms with van der Waals surface area (Å²) < 4.78 is 23.7. The number of nitrogens with one attached hydrogen (secondary N) is 1. The highest BCUT2D eigenvalue weighted by atomic mass is 35.5. The molecule has 0 bridgehead atoms. The van der Waals surface area contributed by atoms with Gasteiger partial charge in [0.05, 0.1) is 6.54 Å². The number of anilines is 1. The fourth-order valence-corrected chi connectivity index (χ4v) is 1.10. The molecule has 0 aliphatic heterocycles. The maximum atomic E-state index is 11.9. The van der Waals surface area contributed by atoms with Crippen LogP contribution in [0.2, 0.25) is 5.15 Å². The van der Waals surface area contributed by atoms with Gasteiger partial charge in [-0.2, -0.15) is 0 Å². The third-order valence-electron chi connectivity index (χ3n) is 1.49. The molecule has 0 aliphatic carbocycles. The molecule has 0 amide bonds. The number of aromatic nitrogens is 2. The molecule has 6 heteroatoms. The van der Waals surface area contributed by atoms with E-state index in [1.54, 1.807) is 0 Å². The Bertz CT molecular complexity index is 307. The molecule has 14 heavy (non-hydrogen) atoms. The van der Waals surface area contributed by atoms with Crippen LogP contribution < -0.4 is 5.32 Å². The molecule has 0 saturated carbocycles. The smallest absolute Gasteiger partial charge is 0.255 e. The van der Waals surface area contributed by atoms with Crippen molar-refractivity contribution < 1.29 is 8.78 Å². The lowest BCUT2D eigenvalue weighted by atomic mass is 10.4. The van der Waals surface area contributed by atoms with Gasteiger partial charge < -0.3 is 5.32 Å². The molecule has 0 fully saturated rings. The van der Waals surface area contributed by atoms with Crippen LogP contribution in [0.15, 0.2) is 6.07 Å². The molecule has 1 aromatic heterocycles. The van der Waals surface area contributed by atoms with Crippen LogP contribution in [0.5, 0.6) is 0 Å². The molecule has 0 aliphatic rings. The molecule has 0 saturated heterocycles. The normalized spacial score (nSPS) is 10.6. The van der Waals surface area contributed by atoms with Gasteiger partial charge in [0.25, 0.3) is 6.43 Å². The van der Waals surface area contributed by atoms with Gasteiger partial charge >= 0.3 is 0 Å². The van der Waals surface area contributed by atoms with Crippen LogP contribution in [0.1, 0.15) is 12.7 Å². The van der Waals surface area contributed by atoms with Gasteiger partial charge in [-0.3, -0.25) is 0 Å². The Kier molecular flexibility index (Phi) is 4.00. The number of hydrogen-bond acceptors (Lipinski definition) is 3. The van der Waals surface area contributed by atoms with E-state index in [2.05, 4.69) is 15.3 Å². The molecule has 78 valence electrons. The average Bonchev–Trinajstić information content (AvgIpc) is 2.14. The first-order valence-corrected chi connectivity index (χ1v) is 4.55. The molecule has 0 aromatic carbocycles. The zero-order valence-electron chi connectivity index (χ0n) is 7.60. The second-order valence-electron chi connectivity index (χ2n) is 2.62. The summed E-state index contributed by atoms with van der Waals surface area (Å²) in [6, 6.07) is 1.42. The maximum Gasteiger partial charge on any atom is 0.255 e. The van der Waals surface area contributed by atoms with E-state index in [9.17, 15) is 8.78 Å². The molecule has 1 rings (SSSR count). The van der Waals surface area contributed by atoms with Gasteiger partial charge in [-0.15, -0.1) is 0 Å². The topological polar surface area (TPSA) is 37.8 Å². The van der Waals surface area contributed by atoms with Gasteiger partial charge in [0.15, 0.2) is 0 Å². The highest BCUT2D eigenvalue weighted by molar-refractivity contribution is 6.29. The standard InChI is InChI=1S/C8H10ClF2N3/c1-2-7-13-5(9)3-8(14-7)12-4-6(10)11/h3,6H,2,4H2,1H3,(H,12,13,14). The third kappa shape index (κ3) is 3.41. The molecule has 1 heterocycles. The fourth-order valence-electron chi connectivity index (χ4n) is 0.895. The Balaban J connectivity index is 2.71. The minimum Gasteiger partial charge on any atom is -0.364 e. The van der Waals surface area contributed by atoms with Crippen molar-refractivity contribution in [3.8, 4) is 0 Å². The van der Waals surface area contributed by atoms with E-state index >= 15 is 0 Å². The van der Waals surface area contributed by atoms with Gasteiger partial charge in [0.1, 0.15) is 16.8 Å². The van der Waals surface area contributed by atoms with Crippen LogP contribution >= 0.6 is 11.6 Å². The molecule has 0 unspecified atom stereocenters. The largest absolute Gasteiger partial charge is 0.364 e. The van der Waals surface area contributed by atoms with Crippen LogP contribution in [-0.2, 0) is 6.42 Å². The van der Waals surface area contributed by atoms with E-state index in [4.69, 9.17) is 11.6 Å². The van der Waals surface area contributed by atoms with Crippen molar-refractivity contribution in [2.45, 2.75) is 19.8 Å². The summed E-state index contributed by atoms with van der Waals surface area (Å²) in [5, 5.41) is 2.73. The quantitative estimate of drug-likeness (QED) is 0.794. The third-order valence-corrected chi connectivity index (χ3v) is 1.69. The monoisotopic (exact) mass is 221 g/mol. The summed E-state index contributed by atoms with van der Waals surface area (Å²) in [5.74, 6) is 0.872. The minimum atomic E-state index is -2.41. The second kappa shape index (κ2) is 5.05. The Morgan fingerprint density at radius 1 is 1.50 bits per heavy atom. The predicted molar refractivity (Wildman–Crippen MR) is 50.9 cm³/mol. The van der Waals surface area contributed by atoms with Crippen LogP contribution in [0.3, 0.4) is 0 Å². The predicted octanol–water partition coefficient (Wildman–Crippen LogP) is 2.37. The molecule has 0 atom stereocenters. The molecule has 0 radical (unpaired) electrons. The zero-order valence-corrected chi connectivity index (χ0v) is 8.35. The van der Waals surface area contributed by atoms with Crippen LogP contribution in [0, 0.1) is 0 Å². The molecular weight excluding hydrogens is 212 g/mol. The first kappa shape index (κ1) is 11.1. The highest BCUT2D eigenvalue weighted by Crippen LogP contribution is 2.12.